The minimum absolute atomic E-state index is 0.0956. The minimum atomic E-state index is -1.09. The van der Waals surface area contributed by atoms with E-state index in [4.69, 9.17) is 9.52 Å². The molecular weight excluding hydrogens is 234 g/mol. The number of furan rings is 1. The van der Waals surface area contributed by atoms with Crippen LogP contribution in [0.25, 0.3) is 0 Å². The van der Waals surface area contributed by atoms with Crippen LogP contribution < -0.4 is 5.32 Å². The molecule has 0 spiro atoms. The zero-order valence-electron chi connectivity index (χ0n) is 10.5. The monoisotopic (exact) mass is 253 g/mol. The summed E-state index contributed by atoms with van der Waals surface area (Å²) < 4.78 is 5.08. The summed E-state index contributed by atoms with van der Waals surface area (Å²) in [5, 5.41) is 22.0. The van der Waals surface area contributed by atoms with E-state index in [1.165, 1.54) is 6.07 Å². The maximum atomic E-state index is 10.6. The predicted octanol–water partition coefficient (Wildman–Crippen LogP) is 2.33. The lowest BCUT2D eigenvalue weighted by Gasteiger charge is -2.34. The van der Waals surface area contributed by atoms with E-state index in [2.05, 4.69) is 12.2 Å². The number of hydrogen-bond donors (Lipinski definition) is 3. The summed E-state index contributed by atoms with van der Waals surface area (Å²) >= 11 is 0. The Hall–Kier alpha value is -1.49. The van der Waals surface area contributed by atoms with Crippen molar-refractivity contribution < 1.29 is 19.4 Å². The van der Waals surface area contributed by atoms with Gasteiger partial charge in [0.05, 0.1) is 5.60 Å². The van der Waals surface area contributed by atoms with E-state index < -0.39 is 11.6 Å². The highest BCUT2D eigenvalue weighted by molar-refractivity contribution is 5.84. The van der Waals surface area contributed by atoms with Crippen LogP contribution in [0.4, 0.5) is 5.88 Å². The van der Waals surface area contributed by atoms with Crippen molar-refractivity contribution in [1.82, 2.24) is 0 Å². The van der Waals surface area contributed by atoms with E-state index in [0.29, 0.717) is 18.3 Å². The van der Waals surface area contributed by atoms with E-state index in [9.17, 15) is 9.90 Å². The van der Waals surface area contributed by atoms with Crippen molar-refractivity contribution in [2.75, 3.05) is 11.9 Å². The van der Waals surface area contributed by atoms with Crippen molar-refractivity contribution in [2.24, 2.45) is 5.92 Å². The van der Waals surface area contributed by atoms with Crippen molar-refractivity contribution >= 4 is 11.9 Å². The molecule has 1 heterocycles. The molecule has 0 radical (unpaired) electrons. The first-order valence-electron chi connectivity index (χ1n) is 6.28. The molecule has 0 aliphatic heterocycles. The molecule has 100 valence electrons. The summed E-state index contributed by atoms with van der Waals surface area (Å²) in [6.07, 6.45) is 3.59. The van der Waals surface area contributed by atoms with E-state index in [1.807, 2.05) is 0 Å². The molecule has 1 saturated carbocycles. The van der Waals surface area contributed by atoms with Gasteiger partial charge in [0, 0.05) is 12.6 Å². The van der Waals surface area contributed by atoms with Crippen LogP contribution in [0, 0.1) is 5.92 Å². The molecule has 0 unspecified atom stereocenters. The van der Waals surface area contributed by atoms with Gasteiger partial charge in [0.25, 0.3) is 0 Å². The van der Waals surface area contributed by atoms with Crippen LogP contribution in [-0.2, 0) is 0 Å². The zero-order valence-corrected chi connectivity index (χ0v) is 10.5. The number of carboxylic acid groups (broad SMARTS) is 1. The Kier molecular flexibility index (Phi) is 3.61. The van der Waals surface area contributed by atoms with E-state index >= 15 is 0 Å². The summed E-state index contributed by atoms with van der Waals surface area (Å²) in [6, 6.07) is 2.97. The van der Waals surface area contributed by atoms with Crippen LogP contribution >= 0.6 is 0 Å². The molecule has 5 nitrogen and oxygen atoms in total. The first-order valence-corrected chi connectivity index (χ1v) is 6.28. The van der Waals surface area contributed by atoms with E-state index in [0.717, 1.165) is 25.7 Å². The SMILES string of the molecule is CC1CCC(O)(CNc2ccc(C(=O)O)o2)CC1. The molecule has 3 N–H and O–H groups in total. The van der Waals surface area contributed by atoms with Crippen LogP contribution in [0.5, 0.6) is 0 Å². The number of rotatable bonds is 4. The Morgan fingerprint density at radius 1 is 1.50 bits per heavy atom. The second-order valence-electron chi connectivity index (χ2n) is 5.23. The fourth-order valence-electron chi connectivity index (χ4n) is 2.28. The molecule has 0 bridgehead atoms. The standard InChI is InChI=1S/C13H19NO4/c1-9-4-6-13(17,7-5-9)8-14-11-3-2-10(18-11)12(15)16/h2-3,9,14,17H,4-8H2,1H3,(H,15,16). The number of aliphatic hydroxyl groups is 1. The molecule has 0 atom stereocenters. The summed E-state index contributed by atoms with van der Waals surface area (Å²) in [4.78, 5) is 10.6. The van der Waals surface area contributed by atoms with Gasteiger partial charge in [-0.05, 0) is 37.7 Å². The lowest BCUT2D eigenvalue weighted by Crippen LogP contribution is -2.40. The fourth-order valence-corrected chi connectivity index (χ4v) is 2.28. The minimum Gasteiger partial charge on any atom is -0.475 e. The van der Waals surface area contributed by atoms with Gasteiger partial charge < -0.3 is 19.9 Å². The lowest BCUT2D eigenvalue weighted by molar-refractivity contribution is 0.00468. The molecule has 2 rings (SSSR count). The zero-order chi connectivity index (χ0) is 13.2. The first kappa shape index (κ1) is 13.0. The maximum Gasteiger partial charge on any atom is 0.371 e. The number of hydrogen-bond acceptors (Lipinski definition) is 4. The van der Waals surface area contributed by atoms with Gasteiger partial charge in [-0.15, -0.1) is 0 Å². The van der Waals surface area contributed by atoms with Gasteiger partial charge in [-0.25, -0.2) is 4.79 Å². The summed E-state index contributed by atoms with van der Waals surface area (Å²) in [5.74, 6) is -0.123. The van der Waals surface area contributed by atoms with Crippen LogP contribution in [0.1, 0.15) is 43.2 Å². The van der Waals surface area contributed by atoms with Gasteiger partial charge in [-0.1, -0.05) is 6.92 Å². The van der Waals surface area contributed by atoms with Gasteiger partial charge in [0.1, 0.15) is 0 Å². The topological polar surface area (TPSA) is 82.7 Å². The molecule has 5 heteroatoms. The third-order valence-corrected chi connectivity index (χ3v) is 3.61. The van der Waals surface area contributed by atoms with Gasteiger partial charge in [0.15, 0.2) is 5.88 Å². The highest BCUT2D eigenvalue weighted by Crippen LogP contribution is 2.32. The Morgan fingerprint density at radius 2 is 2.17 bits per heavy atom. The Balaban J connectivity index is 1.88. The fraction of sp³-hybridized carbons (Fsp3) is 0.615. The average Bonchev–Trinajstić information content (AvgIpc) is 2.80. The lowest BCUT2D eigenvalue weighted by atomic mass is 9.79. The molecular formula is C13H19NO4. The number of aromatic carboxylic acids is 1. The average molecular weight is 253 g/mol. The smallest absolute Gasteiger partial charge is 0.371 e. The molecule has 0 saturated heterocycles. The summed E-state index contributed by atoms with van der Waals surface area (Å²) in [5.41, 5.74) is -0.706. The molecule has 1 fully saturated rings. The maximum absolute atomic E-state index is 10.6. The molecule has 0 aromatic carbocycles. The largest absolute Gasteiger partial charge is 0.475 e. The first-order chi connectivity index (χ1) is 8.48. The molecule has 1 aromatic heterocycles. The second-order valence-corrected chi connectivity index (χ2v) is 5.23. The van der Waals surface area contributed by atoms with Crippen molar-refractivity contribution in [3.63, 3.8) is 0 Å². The number of carbonyl (C=O) groups is 1. The molecule has 18 heavy (non-hydrogen) atoms. The van der Waals surface area contributed by atoms with Crippen LogP contribution in [0.3, 0.4) is 0 Å². The summed E-state index contributed by atoms with van der Waals surface area (Å²) in [6.45, 7) is 2.59. The van der Waals surface area contributed by atoms with Crippen molar-refractivity contribution in [3.8, 4) is 0 Å². The highest BCUT2D eigenvalue weighted by Gasteiger charge is 2.31. The number of carboxylic acids is 1. The number of nitrogens with one attached hydrogen (secondary N) is 1. The highest BCUT2D eigenvalue weighted by atomic mass is 16.4. The number of anilines is 1. The molecule has 0 amide bonds. The van der Waals surface area contributed by atoms with Gasteiger partial charge in [0.2, 0.25) is 5.76 Å². The normalized spacial score (nSPS) is 28.0. The Bertz CT molecular complexity index is 418. The Labute approximate surface area is 106 Å². The molecule has 1 aliphatic carbocycles. The van der Waals surface area contributed by atoms with Crippen molar-refractivity contribution in [3.05, 3.63) is 17.9 Å². The summed E-state index contributed by atoms with van der Waals surface area (Å²) in [7, 11) is 0. The van der Waals surface area contributed by atoms with E-state index in [-0.39, 0.29) is 5.76 Å². The van der Waals surface area contributed by atoms with Crippen LogP contribution in [0.2, 0.25) is 0 Å². The van der Waals surface area contributed by atoms with Gasteiger partial charge in [-0.3, -0.25) is 0 Å². The van der Waals surface area contributed by atoms with Gasteiger partial charge >= 0.3 is 5.97 Å². The van der Waals surface area contributed by atoms with Crippen molar-refractivity contribution in [1.29, 1.82) is 0 Å². The predicted molar refractivity (Wildman–Crippen MR) is 66.7 cm³/mol. The quantitative estimate of drug-likeness (QED) is 0.767. The molecule has 1 aliphatic rings. The van der Waals surface area contributed by atoms with Crippen molar-refractivity contribution in [2.45, 2.75) is 38.2 Å². The Morgan fingerprint density at radius 3 is 2.72 bits per heavy atom. The third-order valence-electron chi connectivity index (χ3n) is 3.61. The van der Waals surface area contributed by atoms with Crippen LogP contribution in [0.15, 0.2) is 16.5 Å². The third kappa shape index (κ3) is 3.04. The molecule has 1 aromatic rings. The second kappa shape index (κ2) is 5.02. The van der Waals surface area contributed by atoms with Crippen LogP contribution in [-0.4, -0.2) is 28.3 Å². The van der Waals surface area contributed by atoms with E-state index in [1.54, 1.807) is 6.07 Å². The van der Waals surface area contributed by atoms with Gasteiger partial charge in [-0.2, -0.15) is 0 Å².